The summed E-state index contributed by atoms with van der Waals surface area (Å²) < 4.78 is 28.6. The largest absolute Gasteiger partial charge is 0.434 e. The van der Waals surface area contributed by atoms with Crippen LogP contribution >= 0.6 is 0 Å². The molecule has 2 aromatic carbocycles. The normalized spacial score (nSPS) is 10.7. The lowest BCUT2D eigenvalue weighted by atomic mass is 10.1. The molecule has 0 unspecified atom stereocenters. The van der Waals surface area contributed by atoms with E-state index in [1.165, 1.54) is 6.07 Å². The molecule has 82 valence electrons. The van der Waals surface area contributed by atoms with Gasteiger partial charge >= 0.3 is 6.61 Å². The van der Waals surface area contributed by atoms with Crippen LogP contribution in [0, 0.1) is 0 Å². The van der Waals surface area contributed by atoms with Crippen LogP contribution in [0.2, 0.25) is 0 Å². The highest BCUT2D eigenvalue weighted by molar-refractivity contribution is 5.92. The molecule has 0 saturated heterocycles. The molecule has 0 amide bonds. The highest BCUT2D eigenvalue weighted by atomic mass is 19.3. The van der Waals surface area contributed by atoms with Gasteiger partial charge in [0.1, 0.15) is 12.0 Å². The minimum absolute atomic E-state index is 0.116. The van der Waals surface area contributed by atoms with E-state index in [1.54, 1.807) is 30.3 Å². The van der Waals surface area contributed by atoms with Crippen molar-refractivity contribution in [2.45, 2.75) is 6.61 Å². The van der Waals surface area contributed by atoms with Gasteiger partial charge in [0.15, 0.2) is 0 Å². The second-order valence-corrected chi connectivity index (χ2v) is 3.23. The molecule has 0 atom stereocenters. The molecule has 0 aromatic heterocycles. The second kappa shape index (κ2) is 4.26. The van der Waals surface area contributed by atoms with Gasteiger partial charge in [-0.1, -0.05) is 18.2 Å². The molecule has 0 aliphatic heterocycles. The monoisotopic (exact) mass is 222 g/mol. The van der Waals surface area contributed by atoms with Crippen LogP contribution in [0.1, 0.15) is 10.4 Å². The molecule has 0 fully saturated rings. The minimum Gasteiger partial charge on any atom is -0.434 e. The molecule has 2 aromatic rings. The Morgan fingerprint density at radius 2 is 2.00 bits per heavy atom. The van der Waals surface area contributed by atoms with Crippen molar-refractivity contribution in [2.75, 3.05) is 0 Å². The molecule has 2 nitrogen and oxygen atoms in total. The fourth-order valence-corrected chi connectivity index (χ4v) is 1.54. The Bertz CT molecular complexity index is 523. The molecule has 4 heteroatoms. The second-order valence-electron chi connectivity index (χ2n) is 3.23. The van der Waals surface area contributed by atoms with E-state index in [9.17, 15) is 13.6 Å². The summed E-state index contributed by atoms with van der Waals surface area (Å²) in [6.45, 7) is -2.85. The zero-order valence-corrected chi connectivity index (χ0v) is 8.19. The van der Waals surface area contributed by atoms with E-state index in [0.29, 0.717) is 22.6 Å². The predicted octanol–water partition coefficient (Wildman–Crippen LogP) is 3.25. The van der Waals surface area contributed by atoms with Gasteiger partial charge in [-0.05, 0) is 23.6 Å². The van der Waals surface area contributed by atoms with Crippen LogP contribution in [0.15, 0.2) is 36.4 Å². The Labute approximate surface area is 90.4 Å². The van der Waals surface area contributed by atoms with Crippen molar-refractivity contribution < 1.29 is 18.3 Å². The number of carbonyl (C=O) groups excluding carboxylic acids is 1. The zero-order valence-electron chi connectivity index (χ0n) is 8.19. The van der Waals surface area contributed by atoms with Crippen LogP contribution in [-0.2, 0) is 0 Å². The Morgan fingerprint density at radius 1 is 1.19 bits per heavy atom. The van der Waals surface area contributed by atoms with Gasteiger partial charge in [-0.25, -0.2) is 0 Å². The molecular weight excluding hydrogens is 214 g/mol. The van der Waals surface area contributed by atoms with E-state index >= 15 is 0 Å². The maximum absolute atomic E-state index is 12.1. The number of carbonyl (C=O) groups is 1. The lowest BCUT2D eigenvalue weighted by Gasteiger charge is -2.08. The average molecular weight is 222 g/mol. The number of hydrogen-bond acceptors (Lipinski definition) is 2. The smallest absolute Gasteiger partial charge is 0.387 e. The van der Waals surface area contributed by atoms with Crippen LogP contribution in [0.5, 0.6) is 5.75 Å². The molecule has 0 aliphatic carbocycles. The summed E-state index contributed by atoms with van der Waals surface area (Å²) in [5.41, 5.74) is 0.502. The third-order valence-electron chi connectivity index (χ3n) is 2.22. The number of fused-ring (bicyclic) bond motifs is 1. The summed E-state index contributed by atoms with van der Waals surface area (Å²) in [4.78, 5) is 10.6. The Hall–Kier alpha value is -1.97. The number of ether oxygens (including phenoxy) is 1. The van der Waals surface area contributed by atoms with Crippen molar-refractivity contribution in [3.8, 4) is 5.75 Å². The van der Waals surface area contributed by atoms with Crippen LogP contribution in [-0.4, -0.2) is 12.9 Å². The maximum Gasteiger partial charge on any atom is 0.387 e. The van der Waals surface area contributed by atoms with Crippen molar-refractivity contribution in [1.29, 1.82) is 0 Å². The van der Waals surface area contributed by atoms with Gasteiger partial charge in [0.05, 0.1) is 0 Å². The minimum atomic E-state index is -2.85. The van der Waals surface area contributed by atoms with Crippen molar-refractivity contribution in [3.05, 3.63) is 42.0 Å². The predicted molar refractivity (Wildman–Crippen MR) is 56.0 cm³/mol. The van der Waals surface area contributed by atoms with Crippen LogP contribution in [0.3, 0.4) is 0 Å². The van der Waals surface area contributed by atoms with Gasteiger partial charge in [0, 0.05) is 10.9 Å². The third kappa shape index (κ3) is 2.00. The summed E-state index contributed by atoms with van der Waals surface area (Å²) in [5.74, 6) is 0.116. The van der Waals surface area contributed by atoms with Crippen molar-refractivity contribution in [2.24, 2.45) is 0 Å². The van der Waals surface area contributed by atoms with E-state index in [2.05, 4.69) is 4.74 Å². The topological polar surface area (TPSA) is 26.3 Å². The molecule has 0 heterocycles. The summed E-state index contributed by atoms with van der Waals surface area (Å²) in [7, 11) is 0. The summed E-state index contributed by atoms with van der Waals surface area (Å²) in [5, 5.41) is 1.26. The summed E-state index contributed by atoms with van der Waals surface area (Å²) in [6, 6.07) is 9.59. The van der Waals surface area contributed by atoms with Crippen LogP contribution in [0.4, 0.5) is 8.78 Å². The average Bonchev–Trinajstić information content (AvgIpc) is 2.28. The van der Waals surface area contributed by atoms with Crippen molar-refractivity contribution in [1.82, 2.24) is 0 Å². The molecular formula is C12H8F2O2. The molecule has 0 aliphatic rings. The molecule has 16 heavy (non-hydrogen) atoms. The number of hydrogen-bond donors (Lipinski definition) is 0. The summed E-state index contributed by atoms with van der Waals surface area (Å²) in [6.07, 6.45) is 0.708. The maximum atomic E-state index is 12.1. The first-order valence-corrected chi connectivity index (χ1v) is 4.63. The fraction of sp³-hybridized carbons (Fsp3) is 0.0833. The van der Waals surface area contributed by atoms with E-state index in [1.807, 2.05) is 0 Å². The molecule has 0 radical (unpaired) electrons. The van der Waals surface area contributed by atoms with Gasteiger partial charge in [-0.3, -0.25) is 4.79 Å². The first kappa shape index (κ1) is 10.5. The van der Waals surface area contributed by atoms with Gasteiger partial charge in [-0.15, -0.1) is 0 Å². The number of benzene rings is 2. The molecule has 2 rings (SSSR count). The first-order chi connectivity index (χ1) is 7.70. The van der Waals surface area contributed by atoms with Gasteiger partial charge in [0.2, 0.25) is 0 Å². The SMILES string of the molecule is O=Cc1ccc2c(OC(F)F)cccc2c1. The first-order valence-electron chi connectivity index (χ1n) is 4.63. The van der Waals surface area contributed by atoms with Gasteiger partial charge in [0.25, 0.3) is 0 Å². The fourth-order valence-electron chi connectivity index (χ4n) is 1.54. The van der Waals surface area contributed by atoms with E-state index in [4.69, 9.17) is 0 Å². The Kier molecular flexibility index (Phi) is 2.81. The number of aldehydes is 1. The lowest BCUT2D eigenvalue weighted by molar-refractivity contribution is -0.0487. The van der Waals surface area contributed by atoms with Crippen molar-refractivity contribution in [3.63, 3.8) is 0 Å². The Balaban J connectivity index is 2.55. The van der Waals surface area contributed by atoms with Crippen LogP contribution < -0.4 is 4.74 Å². The lowest BCUT2D eigenvalue weighted by Crippen LogP contribution is -2.02. The van der Waals surface area contributed by atoms with Crippen molar-refractivity contribution >= 4 is 17.1 Å². The van der Waals surface area contributed by atoms with Crippen LogP contribution in [0.25, 0.3) is 10.8 Å². The highest BCUT2D eigenvalue weighted by Gasteiger charge is 2.07. The molecule has 0 bridgehead atoms. The molecule has 0 saturated carbocycles. The van der Waals surface area contributed by atoms with E-state index in [0.717, 1.165) is 0 Å². The zero-order chi connectivity index (χ0) is 11.5. The molecule has 0 N–H and O–H groups in total. The van der Waals surface area contributed by atoms with E-state index in [-0.39, 0.29) is 5.75 Å². The van der Waals surface area contributed by atoms with Gasteiger partial charge in [-0.2, -0.15) is 8.78 Å². The molecule has 0 spiro atoms. The number of alkyl halides is 2. The third-order valence-corrected chi connectivity index (χ3v) is 2.22. The Morgan fingerprint density at radius 3 is 2.69 bits per heavy atom. The number of rotatable bonds is 3. The standard InChI is InChI=1S/C12H8F2O2/c13-12(14)16-11-3-1-2-9-6-8(7-15)4-5-10(9)11/h1-7,12H. The summed E-state index contributed by atoms with van der Waals surface area (Å²) >= 11 is 0. The van der Waals surface area contributed by atoms with E-state index < -0.39 is 6.61 Å². The highest BCUT2D eigenvalue weighted by Crippen LogP contribution is 2.27. The number of halogens is 2. The van der Waals surface area contributed by atoms with Gasteiger partial charge < -0.3 is 4.74 Å². The quantitative estimate of drug-likeness (QED) is 0.745.